The lowest BCUT2D eigenvalue weighted by atomic mass is 10.2. The fourth-order valence-corrected chi connectivity index (χ4v) is 6.84. The van der Waals surface area contributed by atoms with Gasteiger partial charge in [-0.25, -0.2) is 0 Å². The number of aryl methyl sites for hydroxylation is 1. The molecule has 0 amide bonds. The Morgan fingerprint density at radius 2 is 0.929 bits per heavy atom. The van der Waals surface area contributed by atoms with Gasteiger partial charge in [0.1, 0.15) is 5.75 Å². The predicted octanol–water partition coefficient (Wildman–Crippen LogP) is 5.13. The average Bonchev–Trinajstić information content (AvgIpc) is 2.78. The van der Waals surface area contributed by atoms with Gasteiger partial charge in [0, 0.05) is 6.89 Å². The fourth-order valence-electron chi connectivity index (χ4n) is 3.38. The SMILES string of the molecule is Cc1ccc(OC=P(c2ccccc2)(c2ccccc2)c2ccccc2)cc1. The van der Waals surface area contributed by atoms with E-state index in [1.165, 1.54) is 21.5 Å². The molecule has 0 aliphatic rings. The zero-order valence-corrected chi connectivity index (χ0v) is 16.8. The van der Waals surface area contributed by atoms with Crippen molar-refractivity contribution in [2.24, 2.45) is 0 Å². The van der Waals surface area contributed by atoms with E-state index in [9.17, 15) is 0 Å². The zero-order valence-electron chi connectivity index (χ0n) is 15.9. The van der Waals surface area contributed by atoms with E-state index in [0.717, 1.165) is 5.75 Å². The molecule has 0 spiro atoms. The third kappa shape index (κ3) is 3.67. The Morgan fingerprint density at radius 3 is 1.32 bits per heavy atom. The molecule has 0 atom stereocenters. The molecule has 0 aromatic heterocycles. The molecule has 0 bridgehead atoms. The van der Waals surface area contributed by atoms with Crippen LogP contribution in [0.5, 0.6) is 5.75 Å². The van der Waals surface area contributed by atoms with E-state index in [2.05, 4.69) is 116 Å². The van der Waals surface area contributed by atoms with Gasteiger partial charge >= 0.3 is 0 Å². The predicted molar refractivity (Wildman–Crippen MR) is 123 cm³/mol. The molecule has 1 nitrogen and oxygen atoms in total. The van der Waals surface area contributed by atoms with Crippen LogP contribution >= 0.6 is 6.89 Å². The van der Waals surface area contributed by atoms with E-state index in [0.29, 0.717) is 0 Å². The highest BCUT2D eigenvalue weighted by molar-refractivity contribution is 7.94. The van der Waals surface area contributed by atoms with Crippen molar-refractivity contribution < 1.29 is 4.74 Å². The minimum Gasteiger partial charge on any atom is -0.464 e. The van der Waals surface area contributed by atoms with Crippen molar-refractivity contribution in [2.75, 3.05) is 0 Å². The highest BCUT2D eigenvalue weighted by Crippen LogP contribution is 2.43. The van der Waals surface area contributed by atoms with Crippen LogP contribution in [0, 0.1) is 6.92 Å². The van der Waals surface area contributed by atoms with E-state index in [4.69, 9.17) is 4.74 Å². The summed E-state index contributed by atoms with van der Waals surface area (Å²) in [6.07, 6.45) is 0. The van der Waals surface area contributed by atoms with Crippen LogP contribution in [0.4, 0.5) is 0 Å². The number of hydrogen-bond donors (Lipinski definition) is 0. The molecule has 0 heterocycles. The molecule has 0 saturated carbocycles. The molecule has 0 unspecified atom stereocenters. The third-order valence-corrected chi connectivity index (χ3v) is 8.62. The Morgan fingerprint density at radius 1 is 0.536 bits per heavy atom. The van der Waals surface area contributed by atoms with Crippen LogP contribution in [0.3, 0.4) is 0 Å². The molecule has 2 heteroatoms. The van der Waals surface area contributed by atoms with Gasteiger partial charge in [-0.2, -0.15) is 0 Å². The molecule has 0 radical (unpaired) electrons. The van der Waals surface area contributed by atoms with Gasteiger partial charge in [-0.05, 0) is 35.0 Å². The summed E-state index contributed by atoms with van der Waals surface area (Å²) in [6.45, 7) is 0.00822. The van der Waals surface area contributed by atoms with Crippen molar-refractivity contribution in [2.45, 2.75) is 6.92 Å². The molecule has 4 aromatic carbocycles. The van der Waals surface area contributed by atoms with E-state index in [1.54, 1.807) is 0 Å². The molecule has 0 aliphatic carbocycles. The molecule has 0 fully saturated rings. The van der Waals surface area contributed by atoms with Crippen LogP contribution < -0.4 is 20.7 Å². The Bertz CT molecular complexity index is 966. The Balaban J connectivity index is 1.98. The van der Waals surface area contributed by atoms with Crippen molar-refractivity contribution in [1.82, 2.24) is 0 Å². The van der Waals surface area contributed by atoms with Gasteiger partial charge in [0.25, 0.3) is 0 Å². The number of ether oxygens (including phenoxy) is 1. The molecular formula is C26H23OP. The second kappa shape index (κ2) is 8.33. The van der Waals surface area contributed by atoms with E-state index in [-0.39, 0.29) is 0 Å². The van der Waals surface area contributed by atoms with Crippen LogP contribution in [0.1, 0.15) is 5.56 Å². The van der Waals surface area contributed by atoms with Crippen molar-refractivity contribution in [1.29, 1.82) is 0 Å². The van der Waals surface area contributed by atoms with E-state index in [1.807, 2.05) is 12.1 Å². The van der Waals surface area contributed by atoms with E-state index < -0.39 is 6.89 Å². The molecular weight excluding hydrogens is 359 g/mol. The largest absolute Gasteiger partial charge is 0.464 e. The van der Waals surface area contributed by atoms with Gasteiger partial charge in [-0.1, -0.05) is 109 Å². The minimum atomic E-state index is -2.08. The molecule has 0 saturated heterocycles. The number of benzene rings is 4. The number of hydrogen-bond acceptors (Lipinski definition) is 1. The van der Waals surface area contributed by atoms with Gasteiger partial charge in [0.2, 0.25) is 0 Å². The lowest BCUT2D eigenvalue weighted by Gasteiger charge is -2.27. The van der Waals surface area contributed by atoms with Crippen molar-refractivity contribution in [3.05, 3.63) is 121 Å². The van der Waals surface area contributed by atoms with Crippen LogP contribution in [0.25, 0.3) is 0 Å². The Labute approximate surface area is 167 Å². The maximum atomic E-state index is 6.31. The highest BCUT2D eigenvalue weighted by Gasteiger charge is 2.25. The third-order valence-electron chi connectivity index (χ3n) is 4.86. The van der Waals surface area contributed by atoms with Gasteiger partial charge in [-0.3, -0.25) is 0 Å². The second-order valence-electron chi connectivity index (χ2n) is 6.77. The van der Waals surface area contributed by atoms with Crippen molar-refractivity contribution in [3.8, 4) is 5.75 Å². The van der Waals surface area contributed by atoms with Gasteiger partial charge in [0.05, 0.1) is 5.98 Å². The van der Waals surface area contributed by atoms with Crippen molar-refractivity contribution >= 4 is 28.8 Å². The van der Waals surface area contributed by atoms with Gasteiger partial charge in [0.15, 0.2) is 0 Å². The maximum absolute atomic E-state index is 6.31. The standard InChI is InChI=1S/C26H23OP/c1-22-17-19-23(20-18-22)27-21-28(24-11-5-2-6-12-24,25-13-7-3-8-14-25)26-15-9-4-10-16-26/h2-21H,1H3. The summed E-state index contributed by atoms with van der Waals surface area (Å²) in [6, 6.07) is 40.3. The Kier molecular flexibility index (Phi) is 5.46. The van der Waals surface area contributed by atoms with Crippen LogP contribution in [0.15, 0.2) is 115 Å². The first kappa shape index (κ1) is 18.3. The molecule has 0 aliphatic heterocycles. The van der Waals surface area contributed by atoms with E-state index >= 15 is 0 Å². The molecule has 0 N–H and O–H groups in total. The zero-order chi connectivity index (χ0) is 19.2. The number of rotatable bonds is 5. The van der Waals surface area contributed by atoms with Gasteiger partial charge in [-0.15, -0.1) is 0 Å². The molecule has 28 heavy (non-hydrogen) atoms. The summed E-state index contributed by atoms with van der Waals surface area (Å²) >= 11 is 0. The van der Waals surface area contributed by atoms with Crippen LogP contribution in [-0.4, -0.2) is 5.98 Å². The fraction of sp³-hybridized carbons (Fsp3) is 0.0385. The minimum absolute atomic E-state index is 0.859. The topological polar surface area (TPSA) is 9.23 Å². The summed E-state index contributed by atoms with van der Waals surface area (Å²) < 4.78 is 6.31. The summed E-state index contributed by atoms with van der Waals surface area (Å²) in [5.41, 5.74) is 1.22. The smallest absolute Gasteiger partial charge is 0.126 e. The van der Waals surface area contributed by atoms with Crippen LogP contribution in [-0.2, 0) is 0 Å². The molecule has 4 rings (SSSR count). The lowest BCUT2D eigenvalue weighted by Crippen LogP contribution is -2.28. The summed E-state index contributed by atoms with van der Waals surface area (Å²) in [4.78, 5) is 0. The summed E-state index contributed by atoms with van der Waals surface area (Å²) in [5.74, 6) is 2.94. The lowest BCUT2D eigenvalue weighted by molar-refractivity contribution is 0.585. The normalized spacial score (nSPS) is 11.0. The summed E-state index contributed by atoms with van der Waals surface area (Å²) in [5, 5.41) is 3.83. The highest BCUT2D eigenvalue weighted by atomic mass is 31.2. The first-order valence-electron chi connectivity index (χ1n) is 9.42. The first-order valence-corrected chi connectivity index (χ1v) is 11.3. The van der Waals surface area contributed by atoms with Crippen molar-refractivity contribution in [3.63, 3.8) is 0 Å². The quantitative estimate of drug-likeness (QED) is 0.435. The second-order valence-corrected chi connectivity index (χ2v) is 9.97. The average molecular weight is 382 g/mol. The molecule has 138 valence electrons. The maximum Gasteiger partial charge on any atom is 0.126 e. The Hall–Kier alpha value is -3.02. The van der Waals surface area contributed by atoms with Crippen LogP contribution in [0.2, 0.25) is 0 Å². The first-order chi connectivity index (χ1) is 13.8. The summed E-state index contributed by atoms with van der Waals surface area (Å²) in [7, 11) is 0. The monoisotopic (exact) mass is 382 g/mol. The van der Waals surface area contributed by atoms with Gasteiger partial charge < -0.3 is 4.74 Å². The molecule has 4 aromatic rings.